The highest BCUT2D eigenvalue weighted by atomic mass is 79.9. The van der Waals surface area contributed by atoms with Crippen molar-refractivity contribution in [1.29, 1.82) is 0 Å². The van der Waals surface area contributed by atoms with Gasteiger partial charge in [0.05, 0.1) is 11.0 Å². The lowest BCUT2D eigenvalue weighted by Gasteiger charge is -2.05. The standard InChI is InChI=1S/C16H11BrClF4N5O/c1-26-13(12(17)14(25-26)16(20,21)22)15(28)23-11-4-5-27(24-11)7-8-2-3-9(19)6-10(8)18/h2-6H,7H2,1H3,(H,23,24,28). The molecule has 0 spiro atoms. The summed E-state index contributed by atoms with van der Waals surface area (Å²) in [5.41, 5.74) is -0.895. The summed E-state index contributed by atoms with van der Waals surface area (Å²) in [6, 6.07) is 5.39. The number of alkyl halides is 3. The molecule has 0 saturated heterocycles. The number of benzene rings is 1. The Hall–Kier alpha value is -2.40. The molecule has 0 aliphatic heterocycles. The predicted molar refractivity (Wildman–Crippen MR) is 96.6 cm³/mol. The summed E-state index contributed by atoms with van der Waals surface area (Å²) in [6.45, 7) is 0.211. The number of anilines is 1. The highest BCUT2D eigenvalue weighted by Gasteiger charge is 2.39. The number of carbonyl (C=O) groups excluding carboxylic acids is 1. The van der Waals surface area contributed by atoms with Crippen LogP contribution in [0, 0.1) is 5.82 Å². The Bertz CT molecular complexity index is 1050. The van der Waals surface area contributed by atoms with Crippen molar-refractivity contribution in [2.75, 3.05) is 5.32 Å². The van der Waals surface area contributed by atoms with Gasteiger partial charge in [-0.2, -0.15) is 23.4 Å². The van der Waals surface area contributed by atoms with Gasteiger partial charge in [0, 0.05) is 24.3 Å². The molecular weight excluding hydrogens is 470 g/mol. The van der Waals surface area contributed by atoms with Gasteiger partial charge in [-0.15, -0.1) is 0 Å². The zero-order valence-corrected chi connectivity index (χ0v) is 16.4. The molecule has 2 aromatic heterocycles. The first-order chi connectivity index (χ1) is 13.1. The number of carbonyl (C=O) groups is 1. The van der Waals surface area contributed by atoms with Gasteiger partial charge in [0.1, 0.15) is 11.5 Å². The molecule has 0 unspecified atom stereocenters. The summed E-state index contributed by atoms with van der Waals surface area (Å²) < 4.78 is 53.6. The topological polar surface area (TPSA) is 64.7 Å². The maximum atomic E-state index is 13.1. The zero-order valence-electron chi connectivity index (χ0n) is 14.1. The summed E-state index contributed by atoms with van der Waals surface area (Å²) in [6.07, 6.45) is -3.17. The molecule has 0 radical (unpaired) electrons. The fraction of sp³-hybridized carbons (Fsp3) is 0.188. The van der Waals surface area contributed by atoms with Crippen LogP contribution < -0.4 is 5.32 Å². The van der Waals surface area contributed by atoms with Crippen LogP contribution in [0.5, 0.6) is 0 Å². The Morgan fingerprint density at radius 1 is 1.29 bits per heavy atom. The first-order valence-corrected chi connectivity index (χ1v) is 8.82. The van der Waals surface area contributed by atoms with Crippen molar-refractivity contribution < 1.29 is 22.4 Å². The third kappa shape index (κ3) is 4.20. The van der Waals surface area contributed by atoms with Crippen LogP contribution in [0.4, 0.5) is 23.4 Å². The Kier molecular flexibility index (Phi) is 5.48. The number of hydrogen-bond acceptors (Lipinski definition) is 3. The van der Waals surface area contributed by atoms with E-state index in [1.807, 2.05) is 0 Å². The minimum Gasteiger partial charge on any atom is -0.304 e. The van der Waals surface area contributed by atoms with E-state index in [4.69, 9.17) is 11.6 Å². The van der Waals surface area contributed by atoms with Crippen LogP contribution in [0.3, 0.4) is 0 Å². The molecule has 1 N–H and O–H groups in total. The van der Waals surface area contributed by atoms with Crippen molar-refractivity contribution in [3.8, 4) is 0 Å². The van der Waals surface area contributed by atoms with E-state index in [1.165, 1.54) is 42.2 Å². The van der Waals surface area contributed by atoms with E-state index in [0.717, 1.165) is 4.68 Å². The van der Waals surface area contributed by atoms with Crippen LogP contribution in [0.2, 0.25) is 5.02 Å². The largest absolute Gasteiger partial charge is 0.436 e. The third-order valence-electron chi connectivity index (χ3n) is 3.70. The van der Waals surface area contributed by atoms with Crippen LogP contribution in [0.25, 0.3) is 0 Å². The first-order valence-electron chi connectivity index (χ1n) is 7.64. The van der Waals surface area contributed by atoms with Crippen molar-refractivity contribution in [2.45, 2.75) is 12.7 Å². The first kappa shape index (κ1) is 20.3. The van der Waals surface area contributed by atoms with Gasteiger partial charge in [-0.25, -0.2) is 4.39 Å². The molecule has 0 bridgehead atoms. The predicted octanol–water partition coefficient (Wildman–Crippen LogP) is 4.49. The number of aromatic nitrogens is 4. The fourth-order valence-corrected chi connectivity index (χ4v) is 3.41. The quantitative estimate of drug-likeness (QED) is 0.560. The van der Waals surface area contributed by atoms with Gasteiger partial charge in [0.25, 0.3) is 5.91 Å². The van der Waals surface area contributed by atoms with E-state index in [-0.39, 0.29) is 23.1 Å². The average Bonchev–Trinajstić information content (AvgIpc) is 3.13. The van der Waals surface area contributed by atoms with E-state index in [0.29, 0.717) is 5.56 Å². The summed E-state index contributed by atoms with van der Waals surface area (Å²) >= 11 is 8.75. The molecule has 0 atom stereocenters. The second-order valence-electron chi connectivity index (χ2n) is 5.72. The number of aryl methyl sites for hydroxylation is 1. The van der Waals surface area contributed by atoms with Gasteiger partial charge in [-0.05, 0) is 33.6 Å². The lowest BCUT2D eigenvalue weighted by molar-refractivity contribution is -0.142. The van der Waals surface area contributed by atoms with Crippen LogP contribution >= 0.6 is 27.5 Å². The molecule has 12 heteroatoms. The van der Waals surface area contributed by atoms with E-state index in [9.17, 15) is 22.4 Å². The Morgan fingerprint density at radius 3 is 2.61 bits per heavy atom. The number of rotatable bonds is 4. The van der Waals surface area contributed by atoms with Gasteiger partial charge in [-0.3, -0.25) is 14.2 Å². The SMILES string of the molecule is Cn1nc(C(F)(F)F)c(Br)c1C(=O)Nc1ccn(Cc2ccc(F)cc2Cl)n1. The Morgan fingerprint density at radius 2 is 2.00 bits per heavy atom. The lowest BCUT2D eigenvalue weighted by atomic mass is 10.2. The van der Waals surface area contributed by atoms with Crippen LogP contribution in [0.1, 0.15) is 21.7 Å². The number of nitrogens with zero attached hydrogens (tertiary/aromatic N) is 4. The molecule has 0 aliphatic rings. The molecular formula is C16H11BrClF4N5O. The van der Waals surface area contributed by atoms with Crippen molar-refractivity contribution in [1.82, 2.24) is 19.6 Å². The van der Waals surface area contributed by atoms with Gasteiger partial charge >= 0.3 is 6.18 Å². The van der Waals surface area contributed by atoms with Gasteiger partial charge in [0.15, 0.2) is 11.5 Å². The molecule has 0 fully saturated rings. The van der Waals surface area contributed by atoms with Gasteiger partial charge in [0.2, 0.25) is 0 Å². The maximum Gasteiger partial charge on any atom is 0.436 e. The second-order valence-corrected chi connectivity index (χ2v) is 6.92. The van der Waals surface area contributed by atoms with Crippen molar-refractivity contribution in [2.24, 2.45) is 7.05 Å². The normalized spacial score (nSPS) is 11.7. The molecule has 148 valence electrons. The molecule has 28 heavy (non-hydrogen) atoms. The van der Waals surface area contributed by atoms with Crippen LogP contribution in [-0.2, 0) is 19.8 Å². The minimum atomic E-state index is -4.70. The minimum absolute atomic E-state index is 0.116. The van der Waals surface area contributed by atoms with Crippen molar-refractivity contribution >= 4 is 39.3 Å². The molecule has 0 saturated carbocycles. The van der Waals surface area contributed by atoms with E-state index >= 15 is 0 Å². The lowest BCUT2D eigenvalue weighted by Crippen LogP contribution is -2.17. The van der Waals surface area contributed by atoms with E-state index in [2.05, 4.69) is 31.4 Å². The van der Waals surface area contributed by atoms with E-state index < -0.39 is 28.1 Å². The highest BCUT2D eigenvalue weighted by molar-refractivity contribution is 9.10. The fourth-order valence-electron chi connectivity index (χ4n) is 2.44. The molecule has 3 rings (SSSR count). The highest BCUT2D eigenvalue weighted by Crippen LogP contribution is 2.35. The number of hydrogen-bond donors (Lipinski definition) is 1. The third-order valence-corrected chi connectivity index (χ3v) is 4.81. The summed E-state index contributed by atoms with van der Waals surface area (Å²) in [4.78, 5) is 12.4. The number of nitrogens with one attached hydrogen (secondary N) is 1. The molecule has 1 amide bonds. The maximum absolute atomic E-state index is 13.1. The summed E-state index contributed by atoms with van der Waals surface area (Å²) in [5.74, 6) is -1.17. The molecule has 6 nitrogen and oxygen atoms in total. The number of amides is 1. The van der Waals surface area contributed by atoms with Crippen LogP contribution in [-0.4, -0.2) is 25.5 Å². The average molecular weight is 481 g/mol. The molecule has 0 aliphatic carbocycles. The van der Waals surface area contributed by atoms with Crippen molar-refractivity contribution in [3.05, 3.63) is 62.7 Å². The van der Waals surface area contributed by atoms with Gasteiger partial charge in [-0.1, -0.05) is 17.7 Å². The number of halogens is 6. The Balaban J connectivity index is 1.77. The molecule has 2 heterocycles. The van der Waals surface area contributed by atoms with E-state index in [1.54, 1.807) is 0 Å². The van der Waals surface area contributed by atoms with Crippen LogP contribution in [0.15, 0.2) is 34.9 Å². The second kappa shape index (κ2) is 7.55. The monoisotopic (exact) mass is 479 g/mol. The van der Waals surface area contributed by atoms with Gasteiger partial charge < -0.3 is 5.32 Å². The Labute approximate surface area is 169 Å². The molecule has 3 aromatic rings. The van der Waals surface area contributed by atoms with Crippen molar-refractivity contribution in [3.63, 3.8) is 0 Å². The summed E-state index contributed by atoms with van der Waals surface area (Å²) in [7, 11) is 1.23. The molecule has 1 aromatic carbocycles. The summed E-state index contributed by atoms with van der Waals surface area (Å²) in [5, 5.41) is 10.1. The zero-order chi connectivity index (χ0) is 20.6. The smallest absolute Gasteiger partial charge is 0.304 e.